The van der Waals surface area contributed by atoms with Crippen LogP contribution in [0.5, 0.6) is 0 Å². The first kappa shape index (κ1) is 12.5. The fraction of sp³-hybridized carbons (Fsp3) is 0.455. The van der Waals surface area contributed by atoms with E-state index < -0.39 is 12.2 Å². The van der Waals surface area contributed by atoms with E-state index >= 15 is 0 Å². The summed E-state index contributed by atoms with van der Waals surface area (Å²) in [5.41, 5.74) is 0.778. The summed E-state index contributed by atoms with van der Waals surface area (Å²) in [5.74, 6) is 0. The SMILES string of the molecule is C[C@H](O)CNCC(O)c1cccc(Cl)c1. The summed E-state index contributed by atoms with van der Waals surface area (Å²) >= 11 is 5.80. The molecule has 1 rings (SSSR count). The topological polar surface area (TPSA) is 52.5 Å². The summed E-state index contributed by atoms with van der Waals surface area (Å²) in [5, 5.41) is 22.3. The van der Waals surface area contributed by atoms with Crippen molar-refractivity contribution in [2.45, 2.75) is 19.1 Å². The Morgan fingerprint density at radius 2 is 2.07 bits per heavy atom. The number of aliphatic hydroxyl groups excluding tert-OH is 2. The lowest BCUT2D eigenvalue weighted by atomic mass is 10.1. The Labute approximate surface area is 94.7 Å². The lowest BCUT2D eigenvalue weighted by molar-refractivity contribution is 0.155. The standard InChI is InChI=1S/C11H16ClNO2/c1-8(14)6-13-7-11(15)9-3-2-4-10(12)5-9/h2-5,8,11,13-15H,6-7H2,1H3/t8-,11?/m0/s1. The molecular weight excluding hydrogens is 214 g/mol. The van der Waals surface area contributed by atoms with Crippen LogP contribution in [0.1, 0.15) is 18.6 Å². The summed E-state index contributed by atoms with van der Waals surface area (Å²) in [6, 6.07) is 7.12. The van der Waals surface area contributed by atoms with Gasteiger partial charge in [0.15, 0.2) is 0 Å². The molecule has 0 heterocycles. The molecule has 0 saturated carbocycles. The Balaban J connectivity index is 2.43. The molecule has 0 radical (unpaired) electrons. The van der Waals surface area contributed by atoms with Crippen molar-refractivity contribution in [1.29, 1.82) is 0 Å². The highest BCUT2D eigenvalue weighted by molar-refractivity contribution is 6.30. The predicted molar refractivity (Wildman–Crippen MR) is 61.0 cm³/mol. The molecule has 0 fully saturated rings. The number of rotatable bonds is 5. The van der Waals surface area contributed by atoms with Crippen LogP contribution in [0.15, 0.2) is 24.3 Å². The number of hydrogen-bond acceptors (Lipinski definition) is 3. The van der Waals surface area contributed by atoms with Crippen molar-refractivity contribution in [3.63, 3.8) is 0 Å². The van der Waals surface area contributed by atoms with Crippen molar-refractivity contribution in [3.8, 4) is 0 Å². The van der Waals surface area contributed by atoms with Gasteiger partial charge < -0.3 is 15.5 Å². The molecule has 0 aromatic heterocycles. The molecule has 0 aliphatic carbocycles. The Morgan fingerprint density at radius 3 is 2.67 bits per heavy atom. The van der Waals surface area contributed by atoms with Gasteiger partial charge in [-0.25, -0.2) is 0 Å². The van der Waals surface area contributed by atoms with Gasteiger partial charge in [-0.2, -0.15) is 0 Å². The zero-order valence-corrected chi connectivity index (χ0v) is 9.41. The Kier molecular flexibility index (Phi) is 5.05. The van der Waals surface area contributed by atoms with Crippen molar-refractivity contribution in [1.82, 2.24) is 5.32 Å². The number of nitrogens with one attached hydrogen (secondary N) is 1. The van der Waals surface area contributed by atoms with Crippen LogP contribution in [0, 0.1) is 0 Å². The second-order valence-electron chi connectivity index (χ2n) is 3.58. The monoisotopic (exact) mass is 229 g/mol. The molecular formula is C11H16ClNO2. The molecule has 2 atom stereocenters. The predicted octanol–water partition coefficient (Wildman–Crippen LogP) is 1.34. The molecule has 3 nitrogen and oxygen atoms in total. The van der Waals surface area contributed by atoms with E-state index in [2.05, 4.69) is 5.32 Å². The highest BCUT2D eigenvalue weighted by Gasteiger charge is 2.07. The molecule has 3 N–H and O–H groups in total. The Hall–Kier alpha value is -0.610. The average Bonchev–Trinajstić information content (AvgIpc) is 2.17. The quantitative estimate of drug-likeness (QED) is 0.715. The first-order valence-electron chi connectivity index (χ1n) is 4.92. The van der Waals surface area contributed by atoms with Crippen LogP contribution in [0.3, 0.4) is 0 Å². The van der Waals surface area contributed by atoms with Gasteiger partial charge in [-0.3, -0.25) is 0 Å². The van der Waals surface area contributed by atoms with Crippen LogP contribution < -0.4 is 5.32 Å². The van der Waals surface area contributed by atoms with E-state index in [1.54, 1.807) is 25.1 Å². The zero-order valence-electron chi connectivity index (χ0n) is 8.65. The van der Waals surface area contributed by atoms with Crippen LogP contribution >= 0.6 is 11.6 Å². The highest BCUT2D eigenvalue weighted by atomic mass is 35.5. The molecule has 1 aromatic carbocycles. The van der Waals surface area contributed by atoms with E-state index in [1.165, 1.54) is 0 Å². The molecule has 0 bridgehead atoms. The van der Waals surface area contributed by atoms with E-state index in [9.17, 15) is 5.11 Å². The minimum Gasteiger partial charge on any atom is -0.392 e. The Bertz CT molecular complexity index is 304. The van der Waals surface area contributed by atoms with Gasteiger partial charge in [0.05, 0.1) is 12.2 Å². The average molecular weight is 230 g/mol. The van der Waals surface area contributed by atoms with Crippen molar-refractivity contribution in [3.05, 3.63) is 34.9 Å². The van der Waals surface area contributed by atoms with Gasteiger partial charge in [0.25, 0.3) is 0 Å². The van der Waals surface area contributed by atoms with Crippen molar-refractivity contribution in [2.75, 3.05) is 13.1 Å². The number of benzene rings is 1. The third kappa shape index (κ3) is 4.62. The summed E-state index contributed by atoms with van der Waals surface area (Å²) in [6.07, 6.45) is -1.00. The third-order valence-corrected chi connectivity index (χ3v) is 2.25. The molecule has 84 valence electrons. The van der Waals surface area contributed by atoms with Crippen molar-refractivity contribution >= 4 is 11.6 Å². The number of halogens is 1. The van der Waals surface area contributed by atoms with E-state index in [-0.39, 0.29) is 0 Å². The van der Waals surface area contributed by atoms with Crippen LogP contribution in [-0.4, -0.2) is 29.4 Å². The molecule has 0 amide bonds. The van der Waals surface area contributed by atoms with Gasteiger partial charge >= 0.3 is 0 Å². The van der Waals surface area contributed by atoms with E-state index in [0.717, 1.165) is 5.56 Å². The normalized spacial score (nSPS) is 14.9. The van der Waals surface area contributed by atoms with E-state index in [1.807, 2.05) is 6.07 Å². The third-order valence-electron chi connectivity index (χ3n) is 2.01. The van der Waals surface area contributed by atoms with Gasteiger partial charge in [0.1, 0.15) is 0 Å². The van der Waals surface area contributed by atoms with Crippen molar-refractivity contribution in [2.24, 2.45) is 0 Å². The molecule has 0 saturated heterocycles. The lowest BCUT2D eigenvalue weighted by Gasteiger charge is -2.13. The number of aliphatic hydroxyl groups is 2. The second-order valence-corrected chi connectivity index (χ2v) is 4.01. The summed E-state index contributed by atoms with van der Waals surface area (Å²) < 4.78 is 0. The lowest BCUT2D eigenvalue weighted by Crippen LogP contribution is -2.28. The summed E-state index contributed by atoms with van der Waals surface area (Å²) in [6.45, 7) is 2.57. The van der Waals surface area contributed by atoms with Crippen LogP contribution in [-0.2, 0) is 0 Å². The van der Waals surface area contributed by atoms with Crippen LogP contribution in [0.2, 0.25) is 5.02 Å². The van der Waals surface area contributed by atoms with Crippen molar-refractivity contribution < 1.29 is 10.2 Å². The first-order valence-corrected chi connectivity index (χ1v) is 5.29. The summed E-state index contributed by atoms with van der Waals surface area (Å²) in [4.78, 5) is 0. The maximum Gasteiger partial charge on any atom is 0.0914 e. The molecule has 0 spiro atoms. The van der Waals surface area contributed by atoms with E-state index in [4.69, 9.17) is 16.7 Å². The maximum atomic E-state index is 9.76. The van der Waals surface area contributed by atoms with Gasteiger partial charge in [0.2, 0.25) is 0 Å². The largest absolute Gasteiger partial charge is 0.392 e. The van der Waals surface area contributed by atoms with Gasteiger partial charge in [0, 0.05) is 18.1 Å². The second kappa shape index (κ2) is 6.08. The molecule has 4 heteroatoms. The number of hydrogen-bond donors (Lipinski definition) is 3. The smallest absolute Gasteiger partial charge is 0.0914 e. The minimum atomic E-state index is -0.595. The van der Waals surface area contributed by atoms with E-state index in [0.29, 0.717) is 18.1 Å². The highest BCUT2D eigenvalue weighted by Crippen LogP contribution is 2.16. The van der Waals surface area contributed by atoms with Crippen LogP contribution in [0.4, 0.5) is 0 Å². The Morgan fingerprint density at radius 1 is 1.33 bits per heavy atom. The summed E-state index contributed by atoms with van der Waals surface area (Å²) in [7, 11) is 0. The first-order chi connectivity index (χ1) is 7.09. The molecule has 0 aliphatic rings. The fourth-order valence-electron chi connectivity index (χ4n) is 1.26. The minimum absolute atomic E-state index is 0.406. The fourth-order valence-corrected chi connectivity index (χ4v) is 1.46. The molecule has 15 heavy (non-hydrogen) atoms. The van der Waals surface area contributed by atoms with Gasteiger partial charge in [-0.05, 0) is 24.6 Å². The van der Waals surface area contributed by atoms with Gasteiger partial charge in [-0.15, -0.1) is 0 Å². The zero-order chi connectivity index (χ0) is 11.3. The molecule has 1 aromatic rings. The molecule has 1 unspecified atom stereocenters. The maximum absolute atomic E-state index is 9.76. The van der Waals surface area contributed by atoms with Crippen LogP contribution in [0.25, 0.3) is 0 Å². The van der Waals surface area contributed by atoms with Gasteiger partial charge in [-0.1, -0.05) is 23.7 Å². The molecule has 0 aliphatic heterocycles.